The summed E-state index contributed by atoms with van der Waals surface area (Å²) in [5.41, 5.74) is -2.00. The summed E-state index contributed by atoms with van der Waals surface area (Å²) in [5, 5.41) is 0. The standard InChI is InChI=1S/C11H18FN/c1-6-8-11(5,9-13-7-2)10(3,4)12/h6-9H,2H2,1,3-5H3/b8-6-,13-9?. The minimum atomic E-state index is -1.33. The molecule has 0 aliphatic carbocycles. The first-order valence-corrected chi connectivity index (χ1v) is 4.35. The average molecular weight is 183 g/mol. The van der Waals surface area contributed by atoms with Crippen LogP contribution in [0.5, 0.6) is 0 Å². The van der Waals surface area contributed by atoms with E-state index in [1.165, 1.54) is 6.20 Å². The lowest BCUT2D eigenvalue weighted by Gasteiger charge is -2.32. The molecule has 0 aromatic heterocycles. The minimum Gasteiger partial charge on any atom is -0.269 e. The fourth-order valence-corrected chi connectivity index (χ4v) is 0.948. The summed E-state index contributed by atoms with van der Waals surface area (Å²) < 4.78 is 13.8. The molecule has 0 radical (unpaired) electrons. The molecule has 0 rings (SSSR count). The van der Waals surface area contributed by atoms with Crippen molar-refractivity contribution in [2.24, 2.45) is 10.4 Å². The van der Waals surface area contributed by atoms with Gasteiger partial charge in [-0.1, -0.05) is 18.7 Å². The first kappa shape index (κ1) is 12.1. The molecule has 74 valence electrons. The quantitative estimate of drug-likeness (QED) is 0.467. The molecule has 0 spiro atoms. The number of hydrogen-bond acceptors (Lipinski definition) is 1. The van der Waals surface area contributed by atoms with Crippen LogP contribution in [0.4, 0.5) is 4.39 Å². The highest BCUT2D eigenvalue weighted by Gasteiger charge is 2.37. The lowest BCUT2D eigenvalue weighted by molar-refractivity contribution is 0.130. The van der Waals surface area contributed by atoms with Gasteiger partial charge in [-0.15, -0.1) is 0 Å². The van der Waals surface area contributed by atoms with E-state index in [0.717, 1.165) is 0 Å². The van der Waals surface area contributed by atoms with Gasteiger partial charge in [-0.2, -0.15) is 0 Å². The van der Waals surface area contributed by atoms with Crippen molar-refractivity contribution in [3.05, 3.63) is 24.9 Å². The summed E-state index contributed by atoms with van der Waals surface area (Å²) in [6.45, 7) is 10.2. The second kappa shape index (κ2) is 4.35. The normalized spacial score (nSPS) is 17.9. The predicted molar refractivity (Wildman–Crippen MR) is 56.8 cm³/mol. The summed E-state index contributed by atoms with van der Waals surface area (Å²) in [6, 6.07) is 0. The molecule has 13 heavy (non-hydrogen) atoms. The molecule has 2 heteroatoms. The summed E-state index contributed by atoms with van der Waals surface area (Å²) in [4.78, 5) is 3.88. The Morgan fingerprint density at radius 2 is 1.85 bits per heavy atom. The second-order valence-corrected chi connectivity index (χ2v) is 3.72. The van der Waals surface area contributed by atoms with E-state index in [1.54, 1.807) is 33.1 Å². The Balaban J connectivity index is 4.94. The Hall–Kier alpha value is -0.920. The molecule has 0 aliphatic rings. The van der Waals surface area contributed by atoms with Crippen LogP contribution in [0.25, 0.3) is 0 Å². The molecule has 1 atom stereocenters. The van der Waals surface area contributed by atoms with Crippen LogP contribution in [0.2, 0.25) is 0 Å². The van der Waals surface area contributed by atoms with Gasteiger partial charge in [0.15, 0.2) is 0 Å². The maximum absolute atomic E-state index is 13.8. The van der Waals surface area contributed by atoms with E-state index in [9.17, 15) is 4.39 Å². The molecule has 1 unspecified atom stereocenters. The third-order valence-electron chi connectivity index (χ3n) is 2.24. The van der Waals surface area contributed by atoms with Crippen LogP contribution in [0.3, 0.4) is 0 Å². The van der Waals surface area contributed by atoms with Gasteiger partial charge in [0.25, 0.3) is 0 Å². The number of allylic oxidation sites excluding steroid dienone is 2. The summed E-state index contributed by atoms with van der Waals surface area (Å²) in [5.74, 6) is 0. The zero-order valence-corrected chi connectivity index (χ0v) is 8.84. The summed E-state index contributed by atoms with van der Waals surface area (Å²) in [7, 11) is 0. The molecular formula is C11H18FN. The van der Waals surface area contributed by atoms with Gasteiger partial charge in [-0.3, -0.25) is 4.99 Å². The van der Waals surface area contributed by atoms with Crippen molar-refractivity contribution < 1.29 is 4.39 Å². The molecule has 0 heterocycles. The summed E-state index contributed by atoms with van der Waals surface area (Å²) >= 11 is 0. The number of hydrogen-bond donors (Lipinski definition) is 0. The van der Waals surface area contributed by atoms with E-state index in [1.807, 2.05) is 13.0 Å². The van der Waals surface area contributed by atoms with Gasteiger partial charge in [-0.25, -0.2) is 4.39 Å². The van der Waals surface area contributed by atoms with Gasteiger partial charge in [0.05, 0.1) is 5.41 Å². The topological polar surface area (TPSA) is 12.4 Å². The van der Waals surface area contributed by atoms with Gasteiger partial charge < -0.3 is 0 Å². The minimum absolute atomic E-state index is 0.671. The smallest absolute Gasteiger partial charge is 0.119 e. The molecule has 0 aromatic carbocycles. The van der Waals surface area contributed by atoms with E-state index in [2.05, 4.69) is 11.6 Å². The van der Waals surface area contributed by atoms with Gasteiger partial charge in [0.2, 0.25) is 0 Å². The number of rotatable bonds is 4. The molecule has 0 N–H and O–H groups in total. The molecular weight excluding hydrogens is 165 g/mol. The molecule has 0 fully saturated rings. The molecule has 0 aromatic rings. The van der Waals surface area contributed by atoms with E-state index < -0.39 is 11.1 Å². The fraction of sp³-hybridized carbons (Fsp3) is 0.545. The molecule has 1 nitrogen and oxygen atoms in total. The zero-order chi connectivity index (χ0) is 10.5. The average Bonchev–Trinajstić information content (AvgIpc) is 1.99. The van der Waals surface area contributed by atoms with E-state index in [4.69, 9.17) is 0 Å². The van der Waals surface area contributed by atoms with Crippen LogP contribution in [0, 0.1) is 5.41 Å². The van der Waals surface area contributed by atoms with Crippen LogP contribution in [-0.2, 0) is 0 Å². The molecule has 0 saturated carbocycles. The largest absolute Gasteiger partial charge is 0.269 e. The van der Waals surface area contributed by atoms with E-state index in [0.29, 0.717) is 0 Å². The van der Waals surface area contributed by atoms with Crippen molar-refractivity contribution in [1.82, 2.24) is 0 Å². The van der Waals surface area contributed by atoms with Crippen molar-refractivity contribution in [1.29, 1.82) is 0 Å². The Labute approximate surface area is 80.1 Å². The van der Waals surface area contributed by atoms with Crippen LogP contribution in [-0.4, -0.2) is 11.9 Å². The van der Waals surface area contributed by atoms with Crippen molar-refractivity contribution in [3.63, 3.8) is 0 Å². The predicted octanol–water partition coefficient (Wildman–Crippen LogP) is 3.53. The van der Waals surface area contributed by atoms with E-state index in [-0.39, 0.29) is 0 Å². The third-order valence-corrected chi connectivity index (χ3v) is 2.24. The highest BCUT2D eigenvalue weighted by Crippen LogP contribution is 2.34. The van der Waals surface area contributed by atoms with Crippen molar-refractivity contribution in [2.45, 2.75) is 33.4 Å². The summed E-state index contributed by atoms with van der Waals surface area (Å²) in [6.07, 6.45) is 6.63. The lowest BCUT2D eigenvalue weighted by Crippen LogP contribution is -2.37. The third kappa shape index (κ3) is 3.13. The van der Waals surface area contributed by atoms with Gasteiger partial charge in [0.1, 0.15) is 5.67 Å². The van der Waals surface area contributed by atoms with Gasteiger partial charge in [0, 0.05) is 12.4 Å². The monoisotopic (exact) mass is 183 g/mol. The molecule has 0 aliphatic heterocycles. The first-order valence-electron chi connectivity index (χ1n) is 4.35. The Bertz CT molecular complexity index is 223. The van der Waals surface area contributed by atoms with Crippen LogP contribution >= 0.6 is 0 Å². The fourth-order valence-electron chi connectivity index (χ4n) is 0.948. The SMILES string of the molecule is C=CN=CC(C)(/C=C\C)C(C)(C)F. The zero-order valence-electron chi connectivity index (χ0n) is 8.84. The molecule has 0 amide bonds. The maximum Gasteiger partial charge on any atom is 0.119 e. The first-order chi connectivity index (χ1) is 5.87. The Morgan fingerprint density at radius 1 is 1.31 bits per heavy atom. The number of nitrogens with zero attached hydrogens (tertiary/aromatic N) is 1. The highest BCUT2D eigenvalue weighted by atomic mass is 19.1. The van der Waals surface area contributed by atoms with Gasteiger partial charge >= 0.3 is 0 Å². The Kier molecular flexibility index (Phi) is 4.05. The second-order valence-electron chi connectivity index (χ2n) is 3.72. The van der Waals surface area contributed by atoms with Crippen LogP contribution in [0.1, 0.15) is 27.7 Å². The van der Waals surface area contributed by atoms with Crippen LogP contribution < -0.4 is 0 Å². The van der Waals surface area contributed by atoms with Gasteiger partial charge in [-0.05, 0) is 27.7 Å². The number of alkyl halides is 1. The van der Waals surface area contributed by atoms with Crippen molar-refractivity contribution >= 4 is 6.21 Å². The molecule has 0 saturated heterocycles. The van der Waals surface area contributed by atoms with E-state index >= 15 is 0 Å². The highest BCUT2D eigenvalue weighted by molar-refractivity contribution is 5.70. The number of aliphatic imine (C=N–C) groups is 1. The number of halogens is 1. The van der Waals surface area contributed by atoms with Crippen molar-refractivity contribution in [2.75, 3.05) is 0 Å². The van der Waals surface area contributed by atoms with Crippen LogP contribution in [0.15, 0.2) is 29.9 Å². The Morgan fingerprint density at radius 3 is 2.15 bits per heavy atom. The lowest BCUT2D eigenvalue weighted by atomic mass is 9.77. The van der Waals surface area contributed by atoms with Crippen molar-refractivity contribution in [3.8, 4) is 0 Å². The molecule has 0 bridgehead atoms. The maximum atomic E-state index is 13.8.